The molecule has 1 N–H and O–H groups in total. The molecule has 0 aromatic heterocycles. The summed E-state index contributed by atoms with van der Waals surface area (Å²) in [5.41, 5.74) is -1.27. The summed E-state index contributed by atoms with van der Waals surface area (Å²) < 4.78 is 55.8. The molecule has 0 atom stereocenters. The van der Waals surface area contributed by atoms with Gasteiger partial charge in [-0.05, 0) is 25.5 Å². The number of rotatable bonds is 7. The van der Waals surface area contributed by atoms with Crippen molar-refractivity contribution in [2.24, 2.45) is 0 Å². The highest BCUT2D eigenvalue weighted by Crippen LogP contribution is 2.22. The largest absolute Gasteiger partial charge is 0.477 e. The molecule has 0 heterocycles. The summed E-state index contributed by atoms with van der Waals surface area (Å²) in [6.45, 7) is 2.35. The topological polar surface area (TPSA) is 80.7 Å². The predicted molar refractivity (Wildman–Crippen MR) is 66.5 cm³/mol. The van der Waals surface area contributed by atoms with Gasteiger partial charge in [0.15, 0.2) is 15.7 Å². The maximum absolute atomic E-state index is 13.8. The van der Waals surface area contributed by atoms with E-state index in [-0.39, 0.29) is 13.0 Å². The van der Waals surface area contributed by atoms with E-state index in [0.717, 1.165) is 6.07 Å². The van der Waals surface area contributed by atoms with Gasteiger partial charge in [-0.25, -0.2) is 22.0 Å². The normalized spacial score (nSPS) is 11.6. The third kappa shape index (κ3) is 3.73. The van der Waals surface area contributed by atoms with E-state index in [1.165, 1.54) is 0 Å². The third-order valence-corrected chi connectivity index (χ3v) is 4.32. The Morgan fingerprint density at radius 1 is 1.35 bits per heavy atom. The summed E-state index contributed by atoms with van der Waals surface area (Å²) in [6.07, 6.45) is 0.134. The van der Waals surface area contributed by atoms with Crippen LogP contribution in [0.25, 0.3) is 0 Å². The fraction of sp³-hybridized carbons (Fsp3) is 0.417. The molecule has 1 aromatic carbocycles. The zero-order valence-electron chi connectivity index (χ0n) is 10.7. The molecule has 1 aromatic rings. The lowest BCUT2D eigenvalue weighted by atomic mass is 10.2. The van der Waals surface area contributed by atoms with Crippen LogP contribution in [0.5, 0.6) is 0 Å². The zero-order valence-corrected chi connectivity index (χ0v) is 11.5. The first kappa shape index (κ1) is 16.5. The summed E-state index contributed by atoms with van der Waals surface area (Å²) in [5.74, 6) is -5.15. The minimum Gasteiger partial charge on any atom is -0.477 e. The molecule has 0 bridgehead atoms. The van der Waals surface area contributed by atoms with E-state index in [2.05, 4.69) is 0 Å². The number of benzene rings is 1. The first-order valence-electron chi connectivity index (χ1n) is 5.83. The zero-order chi connectivity index (χ0) is 15.3. The molecule has 5 nitrogen and oxygen atoms in total. The van der Waals surface area contributed by atoms with E-state index >= 15 is 0 Å². The highest BCUT2D eigenvalue weighted by atomic mass is 32.2. The van der Waals surface area contributed by atoms with Crippen molar-refractivity contribution >= 4 is 15.8 Å². The fourth-order valence-corrected chi connectivity index (χ4v) is 2.94. The van der Waals surface area contributed by atoms with Gasteiger partial charge in [-0.15, -0.1) is 0 Å². The lowest BCUT2D eigenvalue weighted by molar-refractivity contribution is 0.0685. The molecule has 0 aliphatic carbocycles. The molecule has 0 fully saturated rings. The van der Waals surface area contributed by atoms with E-state index in [9.17, 15) is 22.0 Å². The maximum Gasteiger partial charge on any atom is 0.341 e. The minimum atomic E-state index is -4.03. The molecule has 0 amide bonds. The molecule has 112 valence electrons. The van der Waals surface area contributed by atoms with E-state index in [1.807, 2.05) is 0 Å². The molecule has 0 unspecified atom stereocenters. The highest BCUT2D eigenvalue weighted by Gasteiger charge is 2.26. The van der Waals surface area contributed by atoms with Gasteiger partial charge in [-0.3, -0.25) is 0 Å². The quantitative estimate of drug-likeness (QED) is 0.614. The third-order valence-electron chi connectivity index (χ3n) is 2.51. The summed E-state index contributed by atoms with van der Waals surface area (Å²) in [7, 11) is -4.03. The first-order chi connectivity index (χ1) is 9.31. The number of carbonyl (C=O) groups is 1. The molecule has 0 saturated carbocycles. The van der Waals surface area contributed by atoms with Crippen molar-refractivity contribution in [3.8, 4) is 0 Å². The number of carboxylic acids is 1. The molecule has 1 rings (SSSR count). The Bertz CT molecular complexity index is 598. The summed E-state index contributed by atoms with van der Waals surface area (Å²) in [5, 5.41) is 8.69. The molecular weight excluding hydrogens is 294 g/mol. The summed E-state index contributed by atoms with van der Waals surface area (Å²) >= 11 is 0. The van der Waals surface area contributed by atoms with Crippen molar-refractivity contribution in [1.82, 2.24) is 0 Å². The summed E-state index contributed by atoms with van der Waals surface area (Å²) in [4.78, 5) is 9.91. The van der Waals surface area contributed by atoms with E-state index in [1.54, 1.807) is 6.92 Å². The smallest absolute Gasteiger partial charge is 0.341 e. The van der Waals surface area contributed by atoms with E-state index < -0.39 is 43.7 Å². The molecule has 8 heteroatoms. The van der Waals surface area contributed by atoms with Gasteiger partial charge < -0.3 is 9.84 Å². The van der Waals surface area contributed by atoms with Gasteiger partial charge in [0.1, 0.15) is 16.3 Å². The van der Waals surface area contributed by atoms with Gasteiger partial charge in [0, 0.05) is 13.2 Å². The number of carboxylic acid groups (broad SMARTS) is 1. The number of hydrogen-bond acceptors (Lipinski definition) is 4. The van der Waals surface area contributed by atoms with Crippen LogP contribution in [0.2, 0.25) is 0 Å². The Labute approximate surface area is 115 Å². The van der Waals surface area contributed by atoms with Crippen molar-refractivity contribution < 1.29 is 31.8 Å². The number of halogens is 2. The van der Waals surface area contributed by atoms with Crippen LogP contribution >= 0.6 is 0 Å². The molecule has 0 spiro atoms. The Morgan fingerprint density at radius 2 is 2.00 bits per heavy atom. The van der Waals surface area contributed by atoms with Gasteiger partial charge in [0.25, 0.3) is 0 Å². The van der Waals surface area contributed by atoms with Crippen LogP contribution in [0.1, 0.15) is 23.7 Å². The van der Waals surface area contributed by atoms with Gasteiger partial charge in [0.05, 0.1) is 5.75 Å². The minimum absolute atomic E-state index is 0.134. The standard InChI is InChI=1S/C12H14F2O5S/c1-2-19-6-3-7-20(17,18)9-5-4-8(13)10(11(9)14)12(15)16/h4-5H,2-3,6-7H2,1H3,(H,15,16). The Kier molecular flexibility index (Phi) is 5.58. The lowest BCUT2D eigenvalue weighted by Crippen LogP contribution is -2.15. The average molecular weight is 308 g/mol. The van der Waals surface area contributed by atoms with Crippen molar-refractivity contribution in [3.63, 3.8) is 0 Å². The SMILES string of the molecule is CCOCCCS(=O)(=O)c1ccc(F)c(C(=O)O)c1F. The number of hydrogen-bond donors (Lipinski definition) is 1. The van der Waals surface area contributed by atoms with Crippen LogP contribution in [-0.2, 0) is 14.6 Å². The number of sulfone groups is 1. The van der Waals surface area contributed by atoms with E-state index in [0.29, 0.717) is 12.7 Å². The van der Waals surface area contributed by atoms with Gasteiger partial charge in [-0.1, -0.05) is 0 Å². The second kappa shape index (κ2) is 6.76. The van der Waals surface area contributed by atoms with Crippen LogP contribution in [0.3, 0.4) is 0 Å². The monoisotopic (exact) mass is 308 g/mol. The van der Waals surface area contributed by atoms with Crippen molar-refractivity contribution in [1.29, 1.82) is 0 Å². The van der Waals surface area contributed by atoms with Gasteiger partial charge in [0.2, 0.25) is 0 Å². The highest BCUT2D eigenvalue weighted by molar-refractivity contribution is 7.91. The lowest BCUT2D eigenvalue weighted by Gasteiger charge is -2.08. The number of aromatic carboxylic acids is 1. The van der Waals surface area contributed by atoms with Crippen molar-refractivity contribution in [3.05, 3.63) is 29.3 Å². The Balaban J connectivity index is 3.07. The van der Waals surface area contributed by atoms with Crippen LogP contribution < -0.4 is 0 Å². The average Bonchev–Trinajstić information content (AvgIpc) is 2.34. The Morgan fingerprint density at radius 3 is 2.55 bits per heavy atom. The second-order valence-corrected chi connectivity index (χ2v) is 5.99. The summed E-state index contributed by atoms with van der Waals surface area (Å²) in [6, 6.07) is 1.36. The second-order valence-electron chi connectivity index (χ2n) is 3.91. The van der Waals surface area contributed by atoms with Crippen LogP contribution in [0.4, 0.5) is 8.78 Å². The molecular formula is C12H14F2O5S. The fourth-order valence-electron chi connectivity index (χ4n) is 1.57. The maximum atomic E-state index is 13.8. The first-order valence-corrected chi connectivity index (χ1v) is 7.48. The molecule has 0 radical (unpaired) electrons. The Hall–Kier alpha value is -1.54. The van der Waals surface area contributed by atoms with E-state index in [4.69, 9.17) is 9.84 Å². The van der Waals surface area contributed by atoms with Crippen molar-refractivity contribution in [2.45, 2.75) is 18.2 Å². The van der Waals surface area contributed by atoms with Crippen LogP contribution in [0, 0.1) is 11.6 Å². The van der Waals surface area contributed by atoms with Crippen molar-refractivity contribution in [2.75, 3.05) is 19.0 Å². The van der Waals surface area contributed by atoms with Crippen LogP contribution in [0.15, 0.2) is 17.0 Å². The molecule has 0 saturated heterocycles. The molecule has 20 heavy (non-hydrogen) atoms. The predicted octanol–water partition coefficient (Wildman–Crippen LogP) is 1.86. The molecule has 0 aliphatic heterocycles. The number of ether oxygens (including phenoxy) is 1. The van der Waals surface area contributed by atoms with Gasteiger partial charge >= 0.3 is 5.97 Å². The molecule has 0 aliphatic rings. The van der Waals surface area contributed by atoms with Gasteiger partial charge in [-0.2, -0.15) is 0 Å². The van der Waals surface area contributed by atoms with Crippen LogP contribution in [-0.4, -0.2) is 38.5 Å².